The van der Waals surface area contributed by atoms with Crippen LogP contribution in [0.15, 0.2) is 11.6 Å². The van der Waals surface area contributed by atoms with Crippen molar-refractivity contribution >= 4 is 0 Å². The van der Waals surface area contributed by atoms with Crippen LogP contribution in [0.1, 0.15) is 78.6 Å². The van der Waals surface area contributed by atoms with Crippen LogP contribution in [0.3, 0.4) is 0 Å². The second-order valence-electron chi connectivity index (χ2n) is 11.6. The van der Waals surface area contributed by atoms with Gasteiger partial charge in [-0.25, -0.2) is 0 Å². The Morgan fingerprint density at radius 3 is 2.64 bits per heavy atom. The van der Waals surface area contributed by atoms with Gasteiger partial charge < -0.3 is 9.47 Å². The molecule has 2 saturated carbocycles. The molecule has 0 aromatic heterocycles. The van der Waals surface area contributed by atoms with Crippen molar-refractivity contribution in [3.8, 4) is 0 Å². The minimum absolute atomic E-state index is 0.449. The van der Waals surface area contributed by atoms with Gasteiger partial charge in [0, 0.05) is 18.5 Å². The Morgan fingerprint density at radius 2 is 1.89 bits per heavy atom. The average molecular weight is 388 g/mol. The van der Waals surface area contributed by atoms with Gasteiger partial charge in [-0.2, -0.15) is 0 Å². The molecule has 3 aliphatic carbocycles. The molecular weight excluding hydrogens is 346 g/mol. The van der Waals surface area contributed by atoms with Crippen LogP contribution in [0.25, 0.3) is 0 Å². The maximum Gasteiger partial charge on any atom is 0.0994 e. The summed E-state index contributed by atoms with van der Waals surface area (Å²) in [5, 5.41) is 0. The summed E-state index contributed by atoms with van der Waals surface area (Å²) in [6, 6.07) is 0. The molecule has 5 atom stereocenters. The standard InChI is InChI=1S/C25H41NO2/c1-23(2)10-6-11-24(3)20(23)9-12-25-17-28-22(25)15-19(7-8-21(24)25)16-27-18-26-13-4-5-14-26/h7,20-22H,4-6,8-18H2,1-3H3/t20?,21?,22-,24+,25+/m1/s1. The molecule has 5 rings (SSSR count). The van der Waals surface area contributed by atoms with E-state index in [4.69, 9.17) is 9.47 Å². The first kappa shape index (κ1) is 19.6. The minimum Gasteiger partial charge on any atom is -0.377 e. The Bertz CT molecular complexity index is 622. The lowest BCUT2D eigenvalue weighted by atomic mass is 9.41. The van der Waals surface area contributed by atoms with Crippen LogP contribution in [-0.4, -0.2) is 44.0 Å². The molecule has 2 unspecified atom stereocenters. The van der Waals surface area contributed by atoms with Crippen LogP contribution < -0.4 is 0 Å². The zero-order valence-corrected chi connectivity index (χ0v) is 18.5. The molecule has 2 heterocycles. The molecule has 5 aliphatic rings. The number of nitrogens with zero attached hydrogens (tertiary/aromatic N) is 1. The SMILES string of the molecule is CC1(C)CCC[C@@]2(C)C1CC[C@@]13CO[C@@H]1CC(COCN1CCCC1)=CCC23. The molecule has 0 aromatic carbocycles. The number of hydrogen-bond donors (Lipinski definition) is 0. The molecule has 0 aromatic rings. The molecule has 0 N–H and O–H groups in total. The highest BCUT2D eigenvalue weighted by Gasteiger charge is 2.65. The molecule has 28 heavy (non-hydrogen) atoms. The van der Waals surface area contributed by atoms with Crippen molar-refractivity contribution in [2.75, 3.05) is 33.0 Å². The van der Waals surface area contributed by atoms with E-state index in [0.29, 0.717) is 22.3 Å². The molecule has 2 aliphatic heterocycles. The first-order valence-electron chi connectivity index (χ1n) is 12.0. The average Bonchev–Trinajstić information content (AvgIpc) is 3.11. The van der Waals surface area contributed by atoms with Crippen LogP contribution in [0, 0.1) is 28.1 Å². The number of rotatable bonds is 4. The highest BCUT2D eigenvalue weighted by molar-refractivity contribution is 5.20. The van der Waals surface area contributed by atoms with E-state index >= 15 is 0 Å². The van der Waals surface area contributed by atoms with E-state index in [0.717, 1.165) is 38.2 Å². The largest absolute Gasteiger partial charge is 0.377 e. The van der Waals surface area contributed by atoms with Crippen molar-refractivity contribution in [3.05, 3.63) is 11.6 Å². The summed E-state index contributed by atoms with van der Waals surface area (Å²) in [6.45, 7) is 12.8. The Morgan fingerprint density at radius 1 is 1.07 bits per heavy atom. The number of hydrogen-bond acceptors (Lipinski definition) is 3. The van der Waals surface area contributed by atoms with Crippen molar-refractivity contribution in [2.45, 2.75) is 84.7 Å². The first-order valence-corrected chi connectivity index (χ1v) is 12.0. The summed E-state index contributed by atoms with van der Waals surface area (Å²) in [6.07, 6.45) is 15.1. The number of fused-ring (bicyclic) bond motifs is 2. The van der Waals surface area contributed by atoms with Gasteiger partial charge in [0.25, 0.3) is 0 Å². The van der Waals surface area contributed by atoms with E-state index in [9.17, 15) is 0 Å². The summed E-state index contributed by atoms with van der Waals surface area (Å²) in [5.74, 6) is 1.68. The molecule has 3 nitrogen and oxygen atoms in total. The lowest BCUT2D eigenvalue weighted by Gasteiger charge is -2.67. The van der Waals surface area contributed by atoms with E-state index < -0.39 is 0 Å². The van der Waals surface area contributed by atoms with Crippen LogP contribution in [-0.2, 0) is 9.47 Å². The second kappa shape index (κ2) is 7.10. The third kappa shape index (κ3) is 3.03. The van der Waals surface area contributed by atoms with Crippen molar-refractivity contribution in [1.82, 2.24) is 4.90 Å². The first-order chi connectivity index (χ1) is 13.4. The van der Waals surface area contributed by atoms with Gasteiger partial charge in [-0.3, -0.25) is 4.90 Å². The van der Waals surface area contributed by atoms with E-state index in [1.54, 1.807) is 0 Å². The van der Waals surface area contributed by atoms with E-state index in [-0.39, 0.29) is 0 Å². The maximum atomic E-state index is 6.25. The number of allylic oxidation sites excluding steroid dienone is 1. The topological polar surface area (TPSA) is 21.7 Å². The van der Waals surface area contributed by atoms with Gasteiger partial charge in [0.15, 0.2) is 0 Å². The smallest absolute Gasteiger partial charge is 0.0994 e. The van der Waals surface area contributed by atoms with Gasteiger partial charge in [0.2, 0.25) is 0 Å². The van der Waals surface area contributed by atoms with Gasteiger partial charge in [0.05, 0.1) is 26.0 Å². The fraction of sp³-hybridized carbons (Fsp3) is 0.920. The van der Waals surface area contributed by atoms with Crippen molar-refractivity contribution in [1.29, 1.82) is 0 Å². The normalized spacial score (nSPS) is 45.2. The van der Waals surface area contributed by atoms with Gasteiger partial charge in [-0.1, -0.05) is 33.3 Å². The Balaban J connectivity index is 1.32. The highest BCUT2D eigenvalue weighted by atomic mass is 16.5. The summed E-state index contributed by atoms with van der Waals surface area (Å²) < 4.78 is 12.4. The zero-order valence-electron chi connectivity index (χ0n) is 18.5. The molecule has 0 amide bonds. The number of likely N-dealkylation sites (tertiary alicyclic amines) is 1. The molecule has 3 heteroatoms. The van der Waals surface area contributed by atoms with Gasteiger partial charge in [-0.05, 0) is 79.6 Å². The predicted molar refractivity (Wildman–Crippen MR) is 113 cm³/mol. The Labute approximate surface area is 172 Å². The molecule has 4 fully saturated rings. The van der Waals surface area contributed by atoms with Crippen molar-refractivity contribution < 1.29 is 9.47 Å². The fourth-order valence-corrected chi connectivity index (χ4v) is 8.23. The Hall–Kier alpha value is -0.380. The highest BCUT2D eigenvalue weighted by Crippen LogP contribution is 2.69. The van der Waals surface area contributed by atoms with E-state index in [2.05, 4.69) is 31.7 Å². The lowest BCUT2D eigenvalue weighted by molar-refractivity contribution is -0.270. The van der Waals surface area contributed by atoms with Crippen molar-refractivity contribution in [3.63, 3.8) is 0 Å². The van der Waals surface area contributed by atoms with Crippen LogP contribution >= 0.6 is 0 Å². The van der Waals surface area contributed by atoms with Crippen LogP contribution in [0.4, 0.5) is 0 Å². The van der Waals surface area contributed by atoms with Crippen LogP contribution in [0.2, 0.25) is 0 Å². The van der Waals surface area contributed by atoms with Crippen molar-refractivity contribution in [2.24, 2.45) is 28.1 Å². The summed E-state index contributed by atoms with van der Waals surface area (Å²) >= 11 is 0. The number of ether oxygens (including phenoxy) is 2. The molecule has 0 radical (unpaired) electrons. The lowest BCUT2D eigenvalue weighted by Crippen LogP contribution is -2.65. The fourth-order valence-electron chi connectivity index (χ4n) is 8.23. The molecule has 158 valence electrons. The maximum absolute atomic E-state index is 6.25. The molecular formula is C25H41NO2. The quantitative estimate of drug-likeness (QED) is 0.603. The molecule has 1 spiro atoms. The second-order valence-corrected chi connectivity index (χ2v) is 11.6. The van der Waals surface area contributed by atoms with Gasteiger partial charge in [-0.15, -0.1) is 0 Å². The Kier molecular flexibility index (Phi) is 4.96. The molecule has 0 bridgehead atoms. The minimum atomic E-state index is 0.449. The van der Waals surface area contributed by atoms with Gasteiger partial charge in [0.1, 0.15) is 0 Å². The summed E-state index contributed by atoms with van der Waals surface area (Å²) in [4.78, 5) is 2.45. The van der Waals surface area contributed by atoms with E-state index in [1.807, 2.05) is 0 Å². The predicted octanol–water partition coefficient (Wildman–Crippen LogP) is 5.40. The summed E-state index contributed by atoms with van der Waals surface area (Å²) in [5.41, 5.74) is 2.95. The molecule has 2 saturated heterocycles. The monoisotopic (exact) mass is 387 g/mol. The zero-order chi connectivity index (χ0) is 19.4. The third-order valence-corrected chi connectivity index (χ3v) is 9.71. The van der Waals surface area contributed by atoms with E-state index in [1.165, 1.54) is 70.0 Å². The van der Waals surface area contributed by atoms with Gasteiger partial charge >= 0.3 is 0 Å². The third-order valence-electron chi connectivity index (χ3n) is 9.71. The summed E-state index contributed by atoms with van der Waals surface area (Å²) in [7, 11) is 0. The van der Waals surface area contributed by atoms with Crippen LogP contribution in [0.5, 0.6) is 0 Å².